The van der Waals surface area contributed by atoms with Gasteiger partial charge >= 0.3 is 0 Å². The lowest BCUT2D eigenvalue weighted by Crippen LogP contribution is -2.03. The molecule has 0 aliphatic rings. The fourth-order valence-electron chi connectivity index (χ4n) is 9.86. The number of para-hydroxylation sites is 4. The van der Waals surface area contributed by atoms with Crippen LogP contribution >= 0.6 is 0 Å². The van der Waals surface area contributed by atoms with Gasteiger partial charge < -0.3 is 4.57 Å². The van der Waals surface area contributed by atoms with Crippen molar-refractivity contribution >= 4 is 76.1 Å². The van der Waals surface area contributed by atoms with Gasteiger partial charge in [0, 0.05) is 38.2 Å². The normalized spacial score (nSPS) is 11.9. The van der Waals surface area contributed by atoms with Crippen LogP contribution in [0.25, 0.3) is 121 Å². The first kappa shape index (κ1) is 34.5. The summed E-state index contributed by atoms with van der Waals surface area (Å²) in [6.45, 7) is 0. The van der Waals surface area contributed by atoms with Crippen molar-refractivity contribution in [3.8, 4) is 45.1 Å². The van der Waals surface area contributed by atoms with Gasteiger partial charge in [-0.1, -0.05) is 164 Å². The molecule has 4 heteroatoms. The second kappa shape index (κ2) is 13.6. The molecule has 0 atom stereocenters. The van der Waals surface area contributed by atoms with Crippen LogP contribution in [0.3, 0.4) is 0 Å². The number of hydrogen-bond donors (Lipinski definition) is 0. The third-order valence-electron chi connectivity index (χ3n) is 12.7. The molecule has 0 unspecified atom stereocenters. The first-order valence-corrected chi connectivity index (χ1v) is 21.2. The Hall–Kier alpha value is -8.34. The average molecular weight is 789 g/mol. The maximum absolute atomic E-state index is 5.31. The molecule has 3 heterocycles. The summed E-state index contributed by atoms with van der Waals surface area (Å²) in [7, 11) is 0. The van der Waals surface area contributed by atoms with Gasteiger partial charge in [-0.15, -0.1) is 0 Å². The lowest BCUT2D eigenvalue weighted by molar-refractivity contribution is 1.01. The molecular formula is C58H36N4. The molecule has 0 radical (unpaired) electrons. The van der Waals surface area contributed by atoms with Crippen molar-refractivity contribution in [2.24, 2.45) is 0 Å². The number of aromatic nitrogens is 4. The van der Waals surface area contributed by atoms with Crippen LogP contribution in [0, 0.1) is 0 Å². The van der Waals surface area contributed by atoms with Crippen LogP contribution in [-0.2, 0) is 0 Å². The highest BCUT2D eigenvalue weighted by atomic mass is 15.2. The predicted octanol–water partition coefficient (Wildman–Crippen LogP) is 15.1. The standard InChI is InChI=1S/C58H36N4/c1-3-15-37(16-4-1)57-48-22-9-12-24-51(48)59-58(60-57)62-52-25-13-10-20-45(52)46-32-31-41(35-54(46)62)39-27-28-40-34-42(30-29-38(40)33-39)50-36-55-56(47-21-8-7-19-44(47)50)49-23-11-14-26-53(49)61(55)43-17-5-2-6-18-43/h1-36H. The quantitative estimate of drug-likeness (QED) is 0.174. The van der Waals surface area contributed by atoms with Gasteiger partial charge in [0.1, 0.15) is 0 Å². The van der Waals surface area contributed by atoms with E-state index in [-0.39, 0.29) is 0 Å². The first-order valence-electron chi connectivity index (χ1n) is 21.2. The summed E-state index contributed by atoms with van der Waals surface area (Å²) in [4.78, 5) is 10.5. The van der Waals surface area contributed by atoms with Crippen molar-refractivity contribution in [1.82, 2.24) is 19.1 Å². The molecule has 0 spiro atoms. The molecule has 62 heavy (non-hydrogen) atoms. The van der Waals surface area contributed by atoms with E-state index >= 15 is 0 Å². The summed E-state index contributed by atoms with van der Waals surface area (Å²) in [5.41, 5.74) is 13.4. The van der Waals surface area contributed by atoms with Crippen LogP contribution < -0.4 is 0 Å². The van der Waals surface area contributed by atoms with E-state index in [0.717, 1.165) is 50.0 Å². The smallest absolute Gasteiger partial charge is 0.235 e. The van der Waals surface area contributed by atoms with Crippen molar-refractivity contribution in [3.05, 3.63) is 218 Å². The Kier molecular flexibility index (Phi) is 7.57. The molecule has 0 saturated heterocycles. The molecule has 0 fully saturated rings. The third kappa shape index (κ3) is 5.27. The molecule has 13 rings (SSSR count). The summed E-state index contributed by atoms with van der Waals surface area (Å²) in [6.07, 6.45) is 0. The zero-order chi connectivity index (χ0) is 40.7. The van der Waals surface area contributed by atoms with Gasteiger partial charge in [0.25, 0.3) is 0 Å². The summed E-state index contributed by atoms with van der Waals surface area (Å²) in [6, 6.07) is 78.7. The van der Waals surface area contributed by atoms with E-state index in [1.54, 1.807) is 0 Å². The molecule has 3 aromatic heterocycles. The third-order valence-corrected chi connectivity index (χ3v) is 12.7. The van der Waals surface area contributed by atoms with E-state index in [4.69, 9.17) is 9.97 Å². The van der Waals surface area contributed by atoms with Crippen LogP contribution in [0.1, 0.15) is 0 Å². The van der Waals surface area contributed by atoms with Crippen molar-refractivity contribution in [1.29, 1.82) is 0 Å². The first-order chi connectivity index (χ1) is 30.7. The molecular weight excluding hydrogens is 753 g/mol. The van der Waals surface area contributed by atoms with Crippen molar-refractivity contribution < 1.29 is 0 Å². The SMILES string of the molecule is c1ccc(-c2nc(-n3c4ccccc4c4ccc(-c5ccc6cc(-c7cc8c(c9ccccc79)c7ccccc7n8-c7ccccc7)ccc6c5)cc43)nc3ccccc23)cc1. The average Bonchev–Trinajstić information content (AvgIpc) is 3.86. The van der Waals surface area contributed by atoms with Gasteiger partial charge in [0.15, 0.2) is 0 Å². The van der Waals surface area contributed by atoms with Gasteiger partial charge in [0.2, 0.25) is 5.95 Å². The molecule has 0 aliphatic carbocycles. The summed E-state index contributed by atoms with van der Waals surface area (Å²) in [5.74, 6) is 0.659. The number of benzene rings is 10. The molecule has 10 aromatic carbocycles. The molecule has 4 nitrogen and oxygen atoms in total. The highest BCUT2D eigenvalue weighted by Gasteiger charge is 2.20. The highest BCUT2D eigenvalue weighted by molar-refractivity contribution is 6.24. The number of fused-ring (bicyclic) bond motifs is 10. The van der Waals surface area contributed by atoms with E-state index in [1.165, 1.54) is 65.3 Å². The Bertz CT molecular complexity index is 3920. The van der Waals surface area contributed by atoms with E-state index in [9.17, 15) is 0 Å². The van der Waals surface area contributed by atoms with Crippen LogP contribution in [0.2, 0.25) is 0 Å². The number of rotatable bonds is 5. The molecule has 0 saturated carbocycles. The van der Waals surface area contributed by atoms with Gasteiger partial charge in [-0.3, -0.25) is 4.57 Å². The second-order valence-corrected chi connectivity index (χ2v) is 16.2. The minimum atomic E-state index is 0.659. The molecule has 13 aromatic rings. The second-order valence-electron chi connectivity index (χ2n) is 16.2. The van der Waals surface area contributed by atoms with Crippen LogP contribution in [0.4, 0.5) is 0 Å². The fourth-order valence-corrected chi connectivity index (χ4v) is 9.86. The van der Waals surface area contributed by atoms with Crippen LogP contribution in [-0.4, -0.2) is 19.1 Å². The molecule has 288 valence electrons. The van der Waals surface area contributed by atoms with Crippen molar-refractivity contribution in [2.75, 3.05) is 0 Å². The minimum Gasteiger partial charge on any atom is -0.309 e. The maximum Gasteiger partial charge on any atom is 0.235 e. The van der Waals surface area contributed by atoms with E-state index in [1.807, 2.05) is 12.1 Å². The lowest BCUT2D eigenvalue weighted by atomic mass is 9.93. The van der Waals surface area contributed by atoms with Crippen molar-refractivity contribution in [3.63, 3.8) is 0 Å². The topological polar surface area (TPSA) is 35.6 Å². The van der Waals surface area contributed by atoms with Crippen molar-refractivity contribution in [2.45, 2.75) is 0 Å². The Morgan fingerprint density at radius 3 is 1.66 bits per heavy atom. The van der Waals surface area contributed by atoms with Gasteiger partial charge in [-0.2, -0.15) is 0 Å². The van der Waals surface area contributed by atoms with E-state index in [2.05, 4.69) is 215 Å². The Balaban J connectivity index is 0.958. The minimum absolute atomic E-state index is 0.659. The summed E-state index contributed by atoms with van der Waals surface area (Å²) < 4.78 is 4.65. The largest absolute Gasteiger partial charge is 0.309 e. The fraction of sp³-hybridized carbons (Fsp3) is 0. The maximum atomic E-state index is 5.31. The summed E-state index contributed by atoms with van der Waals surface area (Å²) in [5, 5.41) is 10.8. The molecule has 0 aliphatic heterocycles. The Morgan fingerprint density at radius 1 is 0.306 bits per heavy atom. The number of nitrogens with zero attached hydrogens (tertiary/aromatic N) is 4. The Labute approximate surface area is 357 Å². The number of hydrogen-bond acceptors (Lipinski definition) is 2. The molecule has 0 amide bonds. The molecule has 0 bridgehead atoms. The Morgan fingerprint density at radius 2 is 0.871 bits per heavy atom. The summed E-state index contributed by atoms with van der Waals surface area (Å²) >= 11 is 0. The van der Waals surface area contributed by atoms with Crippen LogP contribution in [0.15, 0.2) is 218 Å². The zero-order valence-electron chi connectivity index (χ0n) is 33.6. The predicted molar refractivity (Wildman–Crippen MR) is 260 cm³/mol. The molecule has 0 N–H and O–H groups in total. The van der Waals surface area contributed by atoms with Gasteiger partial charge in [-0.25, -0.2) is 9.97 Å². The highest BCUT2D eigenvalue weighted by Crippen LogP contribution is 2.43. The van der Waals surface area contributed by atoms with Gasteiger partial charge in [0.05, 0.1) is 33.3 Å². The van der Waals surface area contributed by atoms with Crippen LogP contribution in [0.5, 0.6) is 0 Å². The monoisotopic (exact) mass is 788 g/mol. The van der Waals surface area contributed by atoms with E-state index < -0.39 is 0 Å². The van der Waals surface area contributed by atoms with Gasteiger partial charge in [-0.05, 0) is 98.4 Å². The lowest BCUT2D eigenvalue weighted by Gasteiger charge is -2.13. The zero-order valence-corrected chi connectivity index (χ0v) is 33.6. The van der Waals surface area contributed by atoms with E-state index in [0.29, 0.717) is 5.95 Å².